The van der Waals surface area contributed by atoms with Gasteiger partial charge in [-0.1, -0.05) is 25.4 Å². The molecule has 0 fully saturated rings. The third-order valence-electron chi connectivity index (χ3n) is 3.08. The largest absolute Gasteiger partial charge is 0.481 e. The van der Waals surface area contributed by atoms with Crippen LogP contribution in [0.25, 0.3) is 0 Å². The Morgan fingerprint density at radius 1 is 1.45 bits per heavy atom. The van der Waals surface area contributed by atoms with Gasteiger partial charge < -0.3 is 10.4 Å². The number of nitrogens with one attached hydrogen (secondary N) is 1. The Hall–Kier alpha value is -1.13. The first-order valence-corrected chi connectivity index (χ1v) is 7.07. The number of carboxylic acids is 1. The Morgan fingerprint density at radius 2 is 2.10 bits per heavy atom. The Balaban J connectivity index is 2.61. The van der Waals surface area contributed by atoms with Crippen molar-refractivity contribution in [3.05, 3.63) is 34.1 Å². The molecule has 112 valence electrons. The van der Waals surface area contributed by atoms with Gasteiger partial charge in [-0.3, -0.25) is 4.79 Å². The van der Waals surface area contributed by atoms with Crippen LogP contribution in [-0.2, 0) is 11.3 Å². The van der Waals surface area contributed by atoms with Crippen molar-refractivity contribution in [3.8, 4) is 0 Å². The molecule has 0 saturated heterocycles. The fraction of sp³-hybridized carbons (Fsp3) is 0.533. The van der Waals surface area contributed by atoms with Crippen LogP contribution >= 0.6 is 11.6 Å². The molecule has 0 amide bonds. The molecule has 3 nitrogen and oxygen atoms in total. The first kappa shape index (κ1) is 16.9. The van der Waals surface area contributed by atoms with Gasteiger partial charge in [-0.2, -0.15) is 0 Å². The van der Waals surface area contributed by atoms with Crippen LogP contribution in [0, 0.1) is 24.6 Å². The van der Waals surface area contributed by atoms with Crippen molar-refractivity contribution < 1.29 is 14.3 Å². The maximum absolute atomic E-state index is 13.8. The summed E-state index contributed by atoms with van der Waals surface area (Å²) in [6.45, 7) is 6.26. The highest BCUT2D eigenvalue weighted by Gasteiger charge is 2.18. The lowest BCUT2D eigenvalue weighted by Gasteiger charge is -2.16. The molecule has 1 rings (SSSR count). The maximum Gasteiger partial charge on any atom is 0.307 e. The zero-order valence-electron chi connectivity index (χ0n) is 12.0. The second kappa shape index (κ2) is 7.60. The molecule has 0 aromatic heterocycles. The molecule has 2 N–H and O–H groups in total. The summed E-state index contributed by atoms with van der Waals surface area (Å²) >= 11 is 6.00. The van der Waals surface area contributed by atoms with Gasteiger partial charge in [0.1, 0.15) is 5.82 Å². The smallest absolute Gasteiger partial charge is 0.307 e. The van der Waals surface area contributed by atoms with E-state index < -0.39 is 11.9 Å². The fourth-order valence-corrected chi connectivity index (χ4v) is 2.44. The first-order valence-electron chi connectivity index (χ1n) is 6.69. The van der Waals surface area contributed by atoms with Gasteiger partial charge in [-0.15, -0.1) is 0 Å². The number of benzene rings is 1. The van der Waals surface area contributed by atoms with Gasteiger partial charge in [0, 0.05) is 23.7 Å². The van der Waals surface area contributed by atoms with Gasteiger partial charge in [0.15, 0.2) is 0 Å². The van der Waals surface area contributed by atoms with E-state index in [0.717, 1.165) is 5.56 Å². The normalized spacial score (nSPS) is 12.7. The van der Waals surface area contributed by atoms with Gasteiger partial charge in [0.2, 0.25) is 0 Å². The van der Waals surface area contributed by atoms with Gasteiger partial charge in [-0.25, -0.2) is 4.39 Å². The molecule has 0 bridgehead atoms. The highest BCUT2D eigenvalue weighted by Crippen LogP contribution is 2.21. The van der Waals surface area contributed by atoms with Crippen molar-refractivity contribution >= 4 is 17.6 Å². The maximum atomic E-state index is 13.8. The lowest BCUT2D eigenvalue weighted by Crippen LogP contribution is -2.29. The van der Waals surface area contributed by atoms with Gasteiger partial charge >= 0.3 is 5.97 Å². The highest BCUT2D eigenvalue weighted by atomic mass is 35.5. The van der Waals surface area contributed by atoms with E-state index in [4.69, 9.17) is 16.7 Å². The van der Waals surface area contributed by atoms with Gasteiger partial charge in [0.25, 0.3) is 0 Å². The molecule has 0 radical (unpaired) electrons. The Morgan fingerprint density at radius 3 is 2.60 bits per heavy atom. The first-order chi connectivity index (χ1) is 9.31. The van der Waals surface area contributed by atoms with Crippen LogP contribution in [0.1, 0.15) is 31.4 Å². The molecular formula is C15H21ClFNO2. The number of rotatable bonds is 7. The quantitative estimate of drug-likeness (QED) is 0.808. The van der Waals surface area contributed by atoms with E-state index in [-0.39, 0.29) is 12.4 Å². The molecule has 20 heavy (non-hydrogen) atoms. The minimum Gasteiger partial charge on any atom is -0.481 e. The second-order valence-electron chi connectivity index (χ2n) is 5.50. The summed E-state index contributed by atoms with van der Waals surface area (Å²) in [4.78, 5) is 11.1. The lowest BCUT2D eigenvalue weighted by atomic mass is 9.97. The van der Waals surface area contributed by atoms with Gasteiger partial charge in [0.05, 0.1) is 5.92 Å². The number of aliphatic carboxylic acids is 1. The molecular weight excluding hydrogens is 281 g/mol. The molecule has 1 atom stereocenters. The van der Waals surface area contributed by atoms with E-state index in [1.807, 2.05) is 13.8 Å². The van der Waals surface area contributed by atoms with Crippen LogP contribution in [0.15, 0.2) is 12.1 Å². The number of aryl methyl sites for hydroxylation is 1. The monoisotopic (exact) mass is 301 g/mol. The average Bonchev–Trinajstić information content (AvgIpc) is 2.30. The van der Waals surface area contributed by atoms with E-state index in [1.165, 1.54) is 6.07 Å². The summed E-state index contributed by atoms with van der Waals surface area (Å²) in [6.07, 6.45) is 0.590. The second-order valence-corrected chi connectivity index (χ2v) is 5.91. The molecule has 0 aliphatic carbocycles. The van der Waals surface area contributed by atoms with Crippen molar-refractivity contribution in [2.24, 2.45) is 11.8 Å². The number of halogens is 2. The minimum absolute atomic E-state index is 0.229. The number of hydrogen-bond donors (Lipinski definition) is 2. The standard InChI is InChI=1S/C15H21ClFNO2/c1-9(2)4-11(15(19)20)7-18-8-12-13(16)5-10(3)6-14(12)17/h5-6,9,11,18H,4,7-8H2,1-3H3,(H,19,20). The predicted octanol–water partition coefficient (Wildman–Crippen LogP) is 3.62. The number of carboxylic acid groups (broad SMARTS) is 1. The number of carbonyl (C=O) groups is 1. The Labute approximate surface area is 124 Å². The van der Waals surface area contributed by atoms with Crippen molar-refractivity contribution in [3.63, 3.8) is 0 Å². The molecule has 0 aliphatic heterocycles. The van der Waals surface area contributed by atoms with Crippen molar-refractivity contribution in [1.82, 2.24) is 5.32 Å². The minimum atomic E-state index is -0.832. The van der Waals surface area contributed by atoms with Crippen LogP contribution < -0.4 is 5.32 Å². The molecule has 5 heteroatoms. The zero-order chi connectivity index (χ0) is 15.3. The summed E-state index contributed by atoms with van der Waals surface area (Å²) in [5.41, 5.74) is 1.14. The predicted molar refractivity (Wildman–Crippen MR) is 78.4 cm³/mol. The average molecular weight is 302 g/mol. The summed E-state index contributed by atoms with van der Waals surface area (Å²) in [5.74, 6) is -1.36. The zero-order valence-corrected chi connectivity index (χ0v) is 12.8. The topological polar surface area (TPSA) is 49.3 Å². The van der Waals surface area contributed by atoms with Crippen molar-refractivity contribution in [2.45, 2.75) is 33.7 Å². The van der Waals surface area contributed by atoms with E-state index in [1.54, 1.807) is 13.0 Å². The van der Waals surface area contributed by atoms with Crippen LogP contribution in [0.3, 0.4) is 0 Å². The van der Waals surface area contributed by atoms with Crippen LogP contribution in [0.2, 0.25) is 5.02 Å². The lowest BCUT2D eigenvalue weighted by molar-refractivity contribution is -0.142. The molecule has 0 aliphatic rings. The molecule has 1 aromatic carbocycles. The van der Waals surface area contributed by atoms with Crippen molar-refractivity contribution in [2.75, 3.05) is 6.54 Å². The summed E-state index contributed by atoms with van der Waals surface area (Å²) in [5, 5.41) is 12.5. The Bertz CT molecular complexity index is 454. The Kier molecular flexibility index (Phi) is 6.43. The van der Waals surface area contributed by atoms with Crippen LogP contribution in [0.4, 0.5) is 4.39 Å². The van der Waals surface area contributed by atoms with E-state index in [2.05, 4.69) is 5.32 Å². The third kappa shape index (κ3) is 5.10. The summed E-state index contributed by atoms with van der Waals surface area (Å²) < 4.78 is 13.8. The molecule has 0 spiro atoms. The van der Waals surface area contributed by atoms with Gasteiger partial charge in [-0.05, 0) is 37.0 Å². The van der Waals surface area contributed by atoms with E-state index >= 15 is 0 Å². The highest BCUT2D eigenvalue weighted by molar-refractivity contribution is 6.31. The molecule has 1 unspecified atom stereocenters. The third-order valence-corrected chi connectivity index (χ3v) is 3.42. The SMILES string of the molecule is Cc1cc(F)c(CNCC(CC(C)C)C(=O)O)c(Cl)c1. The summed E-state index contributed by atoms with van der Waals surface area (Å²) in [6, 6.07) is 3.12. The van der Waals surface area contributed by atoms with Crippen LogP contribution in [0.5, 0.6) is 0 Å². The number of hydrogen-bond acceptors (Lipinski definition) is 2. The van der Waals surface area contributed by atoms with E-state index in [9.17, 15) is 9.18 Å². The fourth-order valence-electron chi connectivity index (χ4n) is 2.11. The van der Waals surface area contributed by atoms with E-state index in [0.29, 0.717) is 29.5 Å². The molecule has 1 aromatic rings. The summed E-state index contributed by atoms with van der Waals surface area (Å²) in [7, 11) is 0. The van der Waals surface area contributed by atoms with Crippen LogP contribution in [-0.4, -0.2) is 17.6 Å². The molecule has 0 heterocycles. The van der Waals surface area contributed by atoms with Crippen molar-refractivity contribution in [1.29, 1.82) is 0 Å². The molecule has 0 saturated carbocycles.